The number of hydrogen-bond donors (Lipinski definition) is 1. The molecule has 0 bridgehead atoms. The molecule has 0 spiro atoms. The summed E-state index contributed by atoms with van der Waals surface area (Å²) in [6, 6.07) is 17.4. The van der Waals surface area contributed by atoms with Gasteiger partial charge in [-0.25, -0.2) is 0 Å². The van der Waals surface area contributed by atoms with Crippen LogP contribution in [-0.4, -0.2) is 45.2 Å². The second-order valence-electron chi connectivity index (χ2n) is 8.44. The Balaban J connectivity index is 1.38. The molecule has 1 saturated heterocycles. The van der Waals surface area contributed by atoms with Crippen molar-refractivity contribution >= 4 is 45.7 Å². The van der Waals surface area contributed by atoms with E-state index < -0.39 is 17.7 Å². The number of anilines is 1. The summed E-state index contributed by atoms with van der Waals surface area (Å²) in [6.07, 6.45) is 3.16. The van der Waals surface area contributed by atoms with Crippen LogP contribution in [0.5, 0.6) is 11.5 Å². The zero-order chi connectivity index (χ0) is 26.1. The maximum atomic E-state index is 13.4. The van der Waals surface area contributed by atoms with Crippen molar-refractivity contribution in [3.8, 4) is 11.5 Å². The van der Waals surface area contributed by atoms with E-state index in [1.165, 1.54) is 28.0 Å². The molecule has 4 aromatic rings. The molecule has 1 fully saturated rings. The summed E-state index contributed by atoms with van der Waals surface area (Å²) in [4.78, 5) is 32.2. The Morgan fingerprint density at radius 2 is 1.84 bits per heavy atom. The Kier molecular flexibility index (Phi) is 6.52. The number of aliphatic hydroxyl groups excluding tert-OH is 1. The van der Waals surface area contributed by atoms with Crippen LogP contribution in [0.1, 0.15) is 22.7 Å². The first-order valence-electron chi connectivity index (χ1n) is 11.7. The number of carbonyl (C=O) groups excluding carboxylic acids is 2. The first kappa shape index (κ1) is 24.1. The first-order chi connectivity index (χ1) is 18.6. The van der Waals surface area contributed by atoms with E-state index in [4.69, 9.17) is 9.47 Å². The zero-order valence-corrected chi connectivity index (χ0v) is 21.4. The average Bonchev–Trinajstić information content (AvgIpc) is 3.54. The fraction of sp³-hybridized carbons (Fsp3) is 0.148. The lowest BCUT2D eigenvalue weighted by molar-refractivity contribution is -0.132. The van der Waals surface area contributed by atoms with E-state index in [0.29, 0.717) is 45.9 Å². The van der Waals surface area contributed by atoms with E-state index in [9.17, 15) is 14.7 Å². The van der Waals surface area contributed by atoms with Crippen molar-refractivity contribution in [2.24, 2.45) is 0 Å². The van der Waals surface area contributed by atoms with Crippen LogP contribution < -0.4 is 14.4 Å². The number of hydrogen-bond acceptors (Lipinski definition) is 10. The maximum Gasteiger partial charge on any atom is 0.301 e. The third-order valence-corrected chi connectivity index (χ3v) is 8.19. The average molecular weight is 545 g/mol. The Labute approximate surface area is 225 Å². The number of ether oxygens (including phenoxy) is 2. The number of carbonyl (C=O) groups is 2. The first-order valence-corrected chi connectivity index (χ1v) is 13.5. The molecule has 4 heterocycles. The number of pyridine rings is 1. The predicted molar refractivity (Wildman–Crippen MR) is 142 cm³/mol. The summed E-state index contributed by atoms with van der Waals surface area (Å²) < 4.78 is 11.9. The van der Waals surface area contributed by atoms with Gasteiger partial charge in [-0.3, -0.25) is 19.5 Å². The number of aromatic nitrogens is 3. The lowest BCUT2D eigenvalue weighted by atomic mass is 9.96. The molecule has 2 aliphatic rings. The van der Waals surface area contributed by atoms with Crippen molar-refractivity contribution in [3.63, 3.8) is 0 Å². The van der Waals surface area contributed by atoms with Gasteiger partial charge in [0.1, 0.15) is 19.0 Å². The molecular weight excluding hydrogens is 524 g/mol. The van der Waals surface area contributed by atoms with Crippen LogP contribution in [0.15, 0.2) is 83.0 Å². The van der Waals surface area contributed by atoms with E-state index in [1.54, 1.807) is 42.7 Å². The molecule has 6 rings (SSSR count). The summed E-state index contributed by atoms with van der Waals surface area (Å²) in [5.74, 6) is -0.249. The van der Waals surface area contributed by atoms with Gasteiger partial charge in [-0.15, -0.1) is 10.2 Å². The van der Waals surface area contributed by atoms with E-state index >= 15 is 0 Å². The van der Waals surface area contributed by atoms with Crippen molar-refractivity contribution in [2.75, 3.05) is 18.1 Å². The standard InChI is InChI=1S/C27H20N4O5S2/c32-23(17-8-9-19-20(13-17)36-12-11-35-19)21-22(18-7-4-10-28-14-18)31(25(34)24(21)33)26-29-30-27(38-26)37-15-16-5-2-1-3-6-16/h1-10,13-14,22,32H,11-12,15H2/t22-/m1/s1. The Morgan fingerprint density at radius 1 is 1.03 bits per heavy atom. The minimum atomic E-state index is -0.933. The van der Waals surface area contributed by atoms with Gasteiger partial charge in [-0.1, -0.05) is 59.5 Å². The maximum absolute atomic E-state index is 13.4. The second-order valence-corrected chi connectivity index (χ2v) is 10.6. The molecule has 0 radical (unpaired) electrons. The summed E-state index contributed by atoms with van der Waals surface area (Å²) in [7, 11) is 0. The van der Waals surface area contributed by atoms with E-state index in [1.807, 2.05) is 30.3 Å². The molecule has 0 unspecified atom stereocenters. The van der Waals surface area contributed by atoms with Gasteiger partial charge in [-0.05, 0) is 35.4 Å². The Bertz CT molecular complexity index is 1540. The normalized spacial score (nSPS) is 18.1. The lowest BCUT2D eigenvalue weighted by Crippen LogP contribution is -2.29. The monoisotopic (exact) mass is 544 g/mol. The number of ketones is 1. The number of fused-ring (bicyclic) bond motifs is 1. The highest BCUT2D eigenvalue weighted by Crippen LogP contribution is 2.44. The minimum Gasteiger partial charge on any atom is -0.507 e. The van der Waals surface area contributed by atoms with Crippen molar-refractivity contribution in [1.29, 1.82) is 0 Å². The highest BCUT2D eigenvalue weighted by molar-refractivity contribution is 8.00. The predicted octanol–water partition coefficient (Wildman–Crippen LogP) is 4.62. The van der Waals surface area contributed by atoms with Crippen LogP contribution in [0.4, 0.5) is 5.13 Å². The fourth-order valence-corrected chi connectivity index (χ4v) is 6.13. The van der Waals surface area contributed by atoms with Gasteiger partial charge in [-0.2, -0.15) is 0 Å². The number of Topliss-reactive ketones (excluding diaryl/α,β-unsaturated/α-hetero) is 1. The molecule has 2 aromatic carbocycles. The zero-order valence-electron chi connectivity index (χ0n) is 19.8. The molecule has 9 nitrogen and oxygen atoms in total. The van der Waals surface area contributed by atoms with E-state index in [0.717, 1.165) is 5.56 Å². The van der Waals surface area contributed by atoms with Crippen LogP contribution in [0.2, 0.25) is 0 Å². The highest BCUT2D eigenvalue weighted by Gasteiger charge is 2.48. The highest BCUT2D eigenvalue weighted by atomic mass is 32.2. The topological polar surface area (TPSA) is 115 Å². The van der Waals surface area contributed by atoms with Gasteiger partial charge in [0.15, 0.2) is 15.8 Å². The Morgan fingerprint density at radius 3 is 2.63 bits per heavy atom. The van der Waals surface area contributed by atoms with E-state index in [2.05, 4.69) is 15.2 Å². The molecule has 2 aromatic heterocycles. The van der Waals surface area contributed by atoms with Gasteiger partial charge in [0.2, 0.25) is 5.13 Å². The number of benzene rings is 2. The fourth-order valence-electron chi connectivity index (χ4n) is 4.31. The third-order valence-electron chi connectivity index (χ3n) is 6.07. The van der Waals surface area contributed by atoms with Gasteiger partial charge in [0.05, 0.1) is 11.6 Å². The summed E-state index contributed by atoms with van der Waals surface area (Å²) in [6.45, 7) is 0.802. The number of nitrogens with zero attached hydrogens (tertiary/aromatic N) is 4. The van der Waals surface area contributed by atoms with Crippen molar-refractivity contribution < 1.29 is 24.2 Å². The van der Waals surface area contributed by atoms with E-state index in [-0.39, 0.29) is 16.5 Å². The molecule has 38 heavy (non-hydrogen) atoms. The summed E-state index contributed by atoms with van der Waals surface area (Å²) in [5, 5.41) is 20.1. The molecule has 11 heteroatoms. The third kappa shape index (κ3) is 4.50. The van der Waals surface area contributed by atoms with Crippen molar-refractivity contribution in [1.82, 2.24) is 15.2 Å². The number of rotatable bonds is 6. The largest absolute Gasteiger partial charge is 0.507 e. The van der Waals surface area contributed by atoms with Gasteiger partial charge >= 0.3 is 5.91 Å². The van der Waals surface area contributed by atoms with Crippen LogP contribution in [-0.2, 0) is 15.3 Å². The van der Waals surface area contributed by atoms with Crippen LogP contribution in [0.3, 0.4) is 0 Å². The minimum absolute atomic E-state index is 0.0617. The SMILES string of the molecule is O=C1C(=O)N(c2nnc(SCc3ccccc3)s2)[C@H](c2cccnc2)C1=C(O)c1ccc2c(c1)OCCO2. The number of amides is 1. The van der Waals surface area contributed by atoms with Crippen molar-refractivity contribution in [3.05, 3.63) is 95.3 Å². The number of aliphatic hydroxyl groups is 1. The van der Waals surface area contributed by atoms with Crippen molar-refractivity contribution in [2.45, 2.75) is 16.1 Å². The summed E-state index contributed by atoms with van der Waals surface area (Å²) >= 11 is 2.71. The molecule has 190 valence electrons. The lowest BCUT2D eigenvalue weighted by Gasteiger charge is -2.22. The van der Waals surface area contributed by atoms with Gasteiger partial charge < -0.3 is 14.6 Å². The molecule has 0 aliphatic carbocycles. The molecule has 1 N–H and O–H groups in total. The quantitative estimate of drug-likeness (QED) is 0.122. The van der Waals surface area contributed by atoms with Gasteiger partial charge in [0.25, 0.3) is 5.78 Å². The second kappa shape index (κ2) is 10.3. The van der Waals surface area contributed by atoms with Crippen LogP contribution in [0.25, 0.3) is 5.76 Å². The van der Waals surface area contributed by atoms with Crippen LogP contribution in [0, 0.1) is 0 Å². The smallest absolute Gasteiger partial charge is 0.301 e. The molecule has 2 aliphatic heterocycles. The van der Waals surface area contributed by atoms with Gasteiger partial charge in [0, 0.05) is 23.7 Å². The molecule has 1 amide bonds. The summed E-state index contributed by atoms with van der Waals surface area (Å²) in [5.41, 5.74) is 1.95. The molecule has 1 atom stereocenters. The molecule has 0 saturated carbocycles. The molecular formula is C27H20N4O5S2. The Hall–Kier alpha value is -4.22. The van der Waals surface area contributed by atoms with Crippen LogP contribution >= 0.6 is 23.1 Å². The number of thioether (sulfide) groups is 1.